The molecule has 0 radical (unpaired) electrons. The lowest BCUT2D eigenvalue weighted by Crippen LogP contribution is -2.23. The molecule has 5 heteroatoms. The van der Waals surface area contributed by atoms with E-state index in [2.05, 4.69) is 15.3 Å². The Morgan fingerprint density at radius 2 is 2.09 bits per heavy atom. The van der Waals surface area contributed by atoms with Crippen LogP contribution in [0.2, 0.25) is 0 Å². The predicted octanol–water partition coefficient (Wildman–Crippen LogP) is 2.81. The molecule has 1 aromatic carbocycles. The van der Waals surface area contributed by atoms with Crippen molar-refractivity contribution >= 4 is 5.91 Å². The fraction of sp³-hybridized carbons (Fsp3) is 0.167. The zero-order valence-electron chi connectivity index (χ0n) is 13.2. The number of amides is 1. The number of pyridine rings is 1. The third kappa shape index (κ3) is 3.45. The summed E-state index contributed by atoms with van der Waals surface area (Å²) in [5.41, 5.74) is 3.79. The summed E-state index contributed by atoms with van der Waals surface area (Å²) in [7, 11) is 0. The number of hydrogen-bond acceptors (Lipinski definition) is 3. The molecule has 0 atom stereocenters. The molecule has 1 amide bonds. The van der Waals surface area contributed by atoms with Crippen LogP contribution >= 0.6 is 0 Å². The van der Waals surface area contributed by atoms with Crippen LogP contribution in [0, 0.1) is 13.8 Å². The monoisotopic (exact) mass is 306 g/mol. The fourth-order valence-electron chi connectivity index (χ4n) is 2.41. The van der Waals surface area contributed by atoms with Crippen LogP contribution in [0.15, 0.2) is 55.2 Å². The van der Waals surface area contributed by atoms with Crippen molar-refractivity contribution in [2.75, 3.05) is 0 Å². The van der Waals surface area contributed by atoms with Crippen molar-refractivity contribution < 1.29 is 4.79 Å². The predicted molar refractivity (Wildman–Crippen MR) is 88.4 cm³/mol. The van der Waals surface area contributed by atoms with Gasteiger partial charge in [-0.3, -0.25) is 9.36 Å². The van der Waals surface area contributed by atoms with Crippen LogP contribution in [-0.4, -0.2) is 20.4 Å². The zero-order chi connectivity index (χ0) is 16.2. The van der Waals surface area contributed by atoms with Crippen LogP contribution in [0.25, 0.3) is 5.82 Å². The summed E-state index contributed by atoms with van der Waals surface area (Å²) < 4.78 is 1.83. The van der Waals surface area contributed by atoms with Gasteiger partial charge < -0.3 is 5.32 Å². The van der Waals surface area contributed by atoms with Gasteiger partial charge in [0.2, 0.25) is 0 Å². The van der Waals surface area contributed by atoms with Gasteiger partial charge in [-0.05, 0) is 37.1 Å². The van der Waals surface area contributed by atoms with Gasteiger partial charge in [0.05, 0.1) is 0 Å². The van der Waals surface area contributed by atoms with Crippen molar-refractivity contribution in [1.82, 2.24) is 19.9 Å². The molecule has 3 rings (SSSR count). The minimum absolute atomic E-state index is 0.0683. The highest BCUT2D eigenvalue weighted by molar-refractivity contribution is 5.95. The quantitative estimate of drug-likeness (QED) is 0.806. The van der Waals surface area contributed by atoms with Gasteiger partial charge in [0.1, 0.15) is 12.1 Å². The minimum atomic E-state index is -0.0683. The normalized spacial score (nSPS) is 10.5. The van der Waals surface area contributed by atoms with Gasteiger partial charge in [-0.1, -0.05) is 23.8 Å². The van der Waals surface area contributed by atoms with Crippen LogP contribution in [0.4, 0.5) is 0 Å². The maximum atomic E-state index is 12.3. The summed E-state index contributed by atoms with van der Waals surface area (Å²) in [5, 5.41) is 2.93. The van der Waals surface area contributed by atoms with E-state index in [9.17, 15) is 4.79 Å². The molecule has 1 N–H and O–H groups in total. The van der Waals surface area contributed by atoms with Gasteiger partial charge in [-0.2, -0.15) is 0 Å². The second kappa shape index (κ2) is 6.44. The number of carbonyl (C=O) groups is 1. The molecule has 0 spiro atoms. The maximum Gasteiger partial charge on any atom is 0.251 e. The van der Waals surface area contributed by atoms with Gasteiger partial charge in [-0.25, -0.2) is 9.97 Å². The van der Waals surface area contributed by atoms with Crippen LogP contribution in [-0.2, 0) is 6.54 Å². The first-order chi connectivity index (χ1) is 11.1. The Kier molecular flexibility index (Phi) is 4.19. The van der Waals surface area contributed by atoms with E-state index in [4.69, 9.17) is 0 Å². The molecule has 0 aliphatic rings. The number of benzene rings is 1. The first-order valence-electron chi connectivity index (χ1n) is 7.42. The van der Waals surface area contributed by atoms with Crippen LogP contribution < -0.4 is 5.32 Å². The molecule has 116 valence electrons. The highest BCUT2D eigenvalue weighted by Gasteiger charge is 2.08. The molecular formula is C18H18N4O. The lowest BCUT2D eigenvalue weighted by molar-refractivity contribution is 0.0950. The van der Waals surface area contributed by atoms with E-state index in [1.165, 1.54) is 0 Å². The van der Waals surface area contributed by atoms with Gasteiger partial charge in [0, 0.05) is 30.7 Å². The number of aromatic nitrogens is 3. The summed E-state index contributed by atoms with van der Waals surface area (Å²) >= 11 is 0. The number of imidazole rings is 1. The van der Waals surface area contributed by atoms with Gasteiger partial charge in [-0.15, -0.1) is 0 Å². The average molecular weight is 306 g/mol. The summed E-state index contributed by atoms with van der Waals surface area (Å²) in [6.45, 7) is 4.41. The number of carbonyl (C=O) groups excluding carboxylic acids is 1. The molecule has 2 aromatic heterocycles. The SMILES string of the molecule is Cc1ccc(C(=O)NCc2ccc(-n3ccnc3)nc2)c(C)c1. The Morgan fingerprint density at radius 3 is 2.74 bits per heavy atom. The van der Waals surface area contributed by atoms with Gasteiger partial charge >= 0.3 is 0 Å². The van der Waals surface area contributed by atoms with Crippen molar-refractivity contribution in [3.05, 3.63) is 77.5 Å². The second-order valence-electron chi connectivity index (χ2n) is 5.50. The first-order valence-corrected chi connectivity index (χ1v) is 7.42. The summed E-state index contributed by atoms with van der Waals surface area (Å²) in [6, 6.07) is 9.67. The minimum Gasteiger partial charge on any atom is -0.348 e. The van der Waals surface area contributed by atoms with E-state index in [0.717, 1.165) is 22.5 Å². The number of nitrogens with zero attached hydrogens (tertiary/aromatic N) is 3. The number of rotatable bonds is 4. The Labute approximate surface area is 135 Å². The van der Waals surface area contributed by atoms with E-state index < -0.39 is 0 Å². The van der Waals surface area contributed by atoms with Crippen LogP contribution in [0.5, 0.6) is 0 Å². The largest absolute Gasteiger partial charge is 0.348 e. The molecule has 0 aliphatic heterocycles. The highest BCUT2D eigenvalue weighted by Crippen LogP contribution is 2.11. The Hall–Kier alpha value is -2.95. The molecule has 2 heterocycles. The Bertz CT molecular complexity index is 808. The molecule has 5 nitrogen and oxygen atoms in total. The van der Waals surface area contributed by atoms with E-state index >= 15 is 0 Å². The van der Waals surface area contributed by atoms with E-state index in [1.807, 2.05) is 54.9 Å². The van der Waals surface area contributed by atoms with Crippen molar-refractivity contribution in [2.24, 2.45) is 0 Å². The molecular weight excluding hydrogens is 288 g/mol. The topological polar surface area (TPSA) is 59.8 Å². The standard InChI is InChI=1S/C18H18N4O/c1-13-3-5-16(14(2)9-13)18(23)21-11-15-4-6-17(20-10-15)22-8-7-19-12-22/h3-10,12H,11H2,1-2H3,(H,21,23). The smallest absolute Gasteiger partial charge is 0.251 e. The average Bonchev–Trinajstić information content (AvgIpc) is 3.07. The van der Waals surface area contributed by atoms with Crippen LogP contribution in [0.3, 0.4) is 0 Å². The number of aryl methyl sites for hydroxylation is 2. The molecule has 0 aliphatic carbocycles. The van der Waals surface area contributed by atoms with E-state index in [-0.39, 0.29) is 5.91 Å². The van der Waals surface area contributed by atoms with Gasteiger partial charge in [0.15, 0.2) is 0 Å². The van der Waals surface area contributed by atoms with Crippen molar-refractivity contribution in [2.45, 2.75) is 20.4 Å². The summed E-state index contributed by atoms with van der Waals surface area (Å²) in [4.78, 5) is 20.6. The Morgan fingerprint density at radius 1 is 1.22 bits per heavy atom. The van der Waals surface area contributed by atoms with E-state index in [1.54, 1.807) is 18.7 Å². The maximum absolute atomic E-state index is 12.3. The molecule has 0 fully saturated rings. The van der Waals surface area contributed by atoms with Crippen molar-refractivity contribution in [3.63, 3.8) is 0 Å². The lowest BCUT2D eigenvalue weighted by atomic mass is 10.1. The fourth-order valence-corrected chi connectivity index (χ4v) is 2.41. The van der Waals surface area contributed by atoms with E-state index in [0.29, 0.717) is 12.1 Å². The summed E-state index contributed by atoms with van der Waals surface area (Å²) in [6.07, 6.45) is 7.01. The molecule has 0 bridgehead atoms. The summed E-state index contributed by atoms with van der Waals surface area (Å²) in [5.74, 6) is 0.730. The van der Waals surface area contributed by atoms with Crippen molar-refractivity contribution in [1.29, 1.82) is 0 Å². The third-order valence-corrected chi connectivity index (χ3v) is 3.66. The van der Waals surface area contributed by atoms with Crippen molar-refractivity contribution in [3.8, 4) is 5.82 Å². The third-order valence-electron chi connectivity index (χ3n) is 3.66. The number of nitrogens with one attached hydrogen (secondary N) is 1. The Balaban J connectivity index is 1.65. The first kappa shape index (κ1) is 15.0. The lowest BCUT2D eigenvalue weighted by Gasteiger charge is -2.09. The second-order valence-corrected chi connectivity index (χ2v) is 5.50. The molecule has 0 saturated carbocycles. The molecule has 0 unspecified atom stereocenters. The molecule has 3 aromatic rings. The molecule has 0 saturated heterocycles. The number of hydrogen-bond donors (Lipinski definition) is 1. The molecule has 23 heavy (non-hydrogen) atoms. The van der Waals surface area contributed by atoms with Crippen LogP contribution in [0.1, 0.15) is 27.0 Å². The highest BCUT2D eigenvalue weighted by atomic mass is 16.1. The zero-order valence-corrected chi connectivity index (χ0v) is 13.2. The van der Waals surface area contributed by atoms with Gasteiger partial charge in [0.25, 0.3) is 5.91 Å².